The standard InChI is InChI=1S/C15H20O/c1-3-11(2)15(16)14-10-6-8-12-7-4-5-9-13(12)14/h4-5,7,9,11,14H,3,6,8,10H2,1-2H3. The maximum absolute atomic E-state index is 12.3. The minimum atomic E-state index is 0.167. The van der Waals surface area contributed by atoms with Gasteiger partial charge in [0.15, 0.2) is 0 Å². The molecule has 86 valence electrons. The normalized spacial score (nSPS) is 21.2. The van der Waals surface area contributed by atoms with Crippen LogP contribution in [0, 0.1) is 5.92 Å². The van der Waals surface area contributed by atoms with E-state index >= 15 is 0 Å². The Morgan fingerprint density at radius 3 is 2.94 bits per heavy atom. The van der Waals surface area contributed by atoms with Crippen LogP contribution in [0.25, 0.3) is 0 Å². The van der Waals surface area contributed by atoms with Crippen molar-refractivity contribution in [1.82, 2.24) is 0 Å². The molecule has 1 nitrogen and oxygen atoms in total. The van der Waals surface area contributed by atoms with Gasteiger partial charge in [-0.3, -0.25) is 4.79 Å². The number of carbonyl (C=O) groups excluding carboxylic acids is 1. The summed E-state index contributed by atoms with van der Waals surface area (Å²) in [6.07, 6.45) is 4.29. The summed E-state index contributed by atoms with van der Waals surface area (Å²) in [6.45, 7) is 4.15. The third kappa shape index (κ3) is 2.04. The average molecular weight is 216 g/mol. The molecule has 16 heavy (non-hydrogen) atoms. The lowest BCUT2D eigenvalue weighted by Crippen LogP contribution is -2.23. The van der Waals surface area contributed by atoms with E-state index in [9.17, 15) is 4.79 Å². The number of carbonyl (C=O) groups is 1. The molecule has 0 saturated carbocycles. The predicted molar refractivity (Wildman–Crippen MR) is 66.6 cm³/mol. The molecule has 1 aromatic rings. The molecule has 0 heterocycles. The lowest BCUT2D eigenvalue weighted by atomic mass is 9.77. The number of fused-ring (bicyclic) bond motifs is 1. The molecule has 0 aromatic heterocycles. The number of rotatable bonds is 3. The van der Waals surface area contributed by atoms with Crippen LogP contribution in [0.15, 0.2) is 24.3 Å². The van der Waals surface area contributed by atoms with Gasteiger partial charge >= 0.3 is 0 Å². The summed E-state index contributed by atoms with van der Waals surface area (Å²) in [7, 11) is 0. The molecule has 0 saturated heterocycles. The Hall–Kier alpha value is -1.11. The van der Waals surface area contributed by atoms with E-state index in [0.717, 1.165) is 25.7 Å². The van der Waals surface area contributed by atoms with Crippen molar-refractivity contribution in [3.8, 4) is 0 Å². The van der Waals surface area contributed by atoms with Crippen LogP contribution in [0.5, 0.6) is 0 Å². The molecule has 1 aromatic carbocycles. The van der Waals surface area contributed by atoms with Crippen LogP contribution in [0.4, 0.5) is 0 Å². The van der Waals surface area contributed by atoms with Crippen molar-refractivity contribution < 1.29 is 4.79 Å². The quantitative estimate of drug-likeness (QED) is 0.752. The first-order valence-corrected chi connectivity index (χ1v) is 6.35. The molecule has 0 aliphatic heterocycles. The van der Waals surface area contributed by atoms with Gasteiger partial charge in [0.1, 0.15) is 5.78 Å². The molecule has 2 rings (SSSR count). The maximum atomic E-state index is 12.3. The number of aryl methyl sites for hydroxylation is 1. The fourth-order valence-electron chi connectivity index (χ4n) is 2.59. The van der Waals surface area contributed by atoms with Gasteiger partial charge in [0.05, 0.1) is 0 Å². The van der Waals surface area contributed by atoms with E-state index in [1.54, 1.807) is 0 Å². The molecule has 2 atom stereocenters. The second-order valence-electron chi connectivity index (χ2n) is 4.86. The molecule has 0 amide bonds. The summed E-state index contributed by atoms with van der Waals surface area (Å²) in [4.78, 5) is 12.3. The molecule has 0 radical (unpaired) electrons. The summed E-state index contributed by atoms with van der Waals surface area (Å²) in [5, 5.41) is 0. The van der Waals surface area contributed by atoms with Crippen molar-refractivity contribution in [2.45, 2.75) is 45.4 Å². The topological polar surface area (TPSA) is 17.1 Å². The Bertz CT molecular complexity index is 381. The SMILES string of the molecule is CCC(C)C(=O)C1CCCc2ccccc21. The first kappa shape index (κ1) is 11.4. The molecule has 1 heteroatoms. The van der Waals surface area contributed by atoms with Crippen molar-refractivity contribution in [3.05, 3.63) is 35.4 Å². The monoisotopic (exact) mass is 216 g/mol. The summed E-state index contributed by atoms with van der Waals surface area (Å²) < 4.78 is 0. The Morgan fingerprint density at radius 1 is 1.44 bits per heavy atom. The average Bonchev–Trinajstić information content (AvgIpc) is 2.36. The van der Waals surface area contributed by atoms with Gasteiger partial charge in [-0.15, -0.1) is 0 Å². The van der Waals surface area contributed by atoms with Gasteiger partial charge in [-0.1, -0.05) is 38.1 Å². The van der Waals surface area contributed by atoms with Crippen LogP contribution in [0.3, 0.4) is 0 Å². The van der Waals surface area contributed by atoms with E-state index in [2.05, 4.69) is 38.1 Å². The van der Waals surface area contributed by atoms with E-state index in [4.69, 9.17) is 0 Å². The summed E-state index contributed by atoms with van der Waals surface area (Å²) in [5.41, 5.74) is 2.68. The minimum Gasteiger partial charge on any atom is -0.299 e. The van der Waals surface area contributed by atoms with Crippen LogP contribution in [-0.4, -0.2) is 5.78 Å². The maximum Gasteiger partial charge on any atom is 0.143 e. The van der Waals surface area contributed by atoms with E-state index in [-0.39, 0.29) is 11.8 Å². The van der Waals surface area contributed by atoms with Gasteiger partial charge in [-0.2, -0.15) is 0 Å². The highest BCUT2D eigenvalue weighted by molar-refractivity contribution is 5.88. The number of hydrogen-bond donors (Lipinski definition) is 0. The Balaban J connectivity index is 2.28. The Labute approximate surface area is 97.9 Å². The Kier molecular flexibility index (Phi) is 3.42. The number of Topliss-reactive ketones (excluding diaryl/α,β-unsaturated/α-hetero) is 1. The molecule has 0 bridgehead atoms. The van der Waals surface area contributed by atoms with Crippen LogP contribution in [0.2, 0.25) is 0 Å². The van der Waals surface area contributed by atoms with Crippen molar-refractivity contribution in [2.24, 2.45) is 5.92 Å². The fourth-order valence-corrected chi connectivity index (χ4v) is 2.59. The van der Waals surface area contributed by atoms with Crippen LogP contribution in [-0.2, 0) is 11.2 Å². The largest absolute Gasteiger partial charge is 0.299 e. The van der Waals surface area contributed by atoms with Crippen molar-refractivity contribution in [2.75, 3.05) is 0 Å². The van der Waals surface area contributed by atoms with E-state index in [1.165, 1.54) is 11.1 Å². The lowest BCUT2D eigenvalue weighted by molar-refractivity contribution is -0.124. The van der Waals surface area contributed by atoms with Crippen molar-refractivity contribution >= 4 is 5.78 Å². The van der Waals surface area contributed by atoms with Gasteiger partial charge in [0, 0.05) is 11.8 Å². The highest BCUT2D eigenvalue weighted by Gasteiger charge is 2.28. The third-order valence-corrected chi connectivity index (χ3v) is 3.81. The zero-order chi connectivity index (χ0) is 11.5. The zero-order valence-corrected chi connectivity index (χ0v) is 10.2. The molecular weight excluding hydrogens is 196 g/mol. The van der Waals surface area contributed by atoms with E-state index < -0.39 is 0 Å². The first-order chi connectivity index (χ1) is 7.74. The summed E-state index contributed by atoms with van der Waals surface area (Å²) in [5.74, 6) is 0.811. The van der Waals surface area contributed by atoms with Gasteiger partial charge in [0.25, 0.3) is 0 Å². The predicted octanol–water partition coefficient (Wildman–Crippen LogP) is 3.72. The van der Waals surface area contributed by atoms with Gasteiger partial charge in [-0.25, -0.2) is 0 Å². The molecular formula is C15H20O. The smallest absolute Gasteiger partial charge is 0.143 e. The Morgan fingerprint density at radius 2 is 2.19 bits per heavy atom. The molecule has 2 unspecified atom stereocenters. The van der Waals surface area contributed by atoms with Crippen LogP contribution >= 0.6 is 0 Å². The van der Waals surface area contributed by atoms with Crippen LogP contribution < -0.4 is 0 Å². The van der Waals surface area contributed by atoms with Gasteiger partial charge < -0.3 is 0 Å². The first-order valence-electron chi connectivity index (χ1n) is 6.35. The summed E-state index contributed by atoms with van der Waals surface area (Å²) in [6, 6.07) is 8.45. The fraction of sp³-hybridized carbons (Fsp3) is 0.533. The minimum absolute atomic E-state index is 0.167. The number of hydrogen-bond acceptors (Lipinski definition) is 1. The zero-order valence-electron chi connectivity index (χ0n) is 10.2. The van der Waals surface area contributed by atoms with Crippen LogP contribution in [0.1, 0.15) is 50.2 Å². The van der Waals surface area contributed by atoms with Crippen molar-refractivity contribution in [1.29, 1.82) is 0 Å². The van der Waals surface area contributed by atoms with Gasteiger partial charge in [-0.05, 0) is 36.8 Å². The van der Waals surface area contributed by atoms with E-state index in [1.807, 2.05) is 0 Å². The molecule has 0 N–H and O–H groups in total. The lowest BCUT2D eigenvalue weighted by Gasteiger charge is -2.26. The van der Waals surface area contributed by atoms with Crippen molar-refractivity contribution in [3.63, 3.8) is 0 Å². The molecule has 0 fully saturated rings. The molecule has 0 spiro atoms. The number of benzene rings is 1. The molecule has 1 aliphatic carbocycles. The second-order valence-corrected chi connectivity index (χ2v) is 4.86. The highest BCUT2D eigenvalue weighted by Crippen LogP contribution is 2.34. The van der Waals surface area contributed by atoms with E-state index in [0.29, 0.717) is 5.78 Å². The second kappa shape index (κ2) is 4.82. The van der Waals surface area contributed by atoms with Gasteiger partial charge in [0.2, 0.25) is 0 Å². The number of ketones is 1. The highest BCUT2D eigenvalue weighted by atomic mass is 16.1. The third-order valence-electron chi connectivity index (χ3n) is 3.81. The summed E-state index contributed by atoms with van der Waals surface area (Å²) >= 11 is 0. The molecule has 1 aliphatic rings.